The first kappa shape index (κ1) is 14.5. The number of rotatable bonds is 6. The quantitative estimate of drug-likeness (QED) is 0.646. The Kier molecular flexibility index (Phi) is 5.94. The van der Waals surface area contributed by atoms with Crippen LogP contribution in [-0.4, -0.2) is 23.0 Å². The Hall–Kier alpha value is -0.590. The molecule has 1 aromatic rings. The van der Waals surface area contributed by atoms with Crippen LogP contribution in [-0.2, 0) is 6.54 Å². The van der Waals surface area contributed by atoms with Crippen molar-refractivity contribution in [2.24, 2.45) is 0 Å². The van der Waals surface area contributed by atoms with E-state index in [1.165, 1.54) is 12.1 Å². The smallest absolute Gasteiger partial charge is 0.270 e. The Morgan fingerprint density at radius 1 is 1.59 bits per heavy atom. The van der Waals surface area contributed by atoms with E-state index < -0.39 is 4.92 Å². The highest BCUT2D eigenvalue weighted by Crippen LogP contribution is 2.22. The number of nitrogens with one attached hydrogen (secondary N) is 1. The molecule has 0 amide bonds. The van der Waals surface area contributed by atoms with Crippen molar-refractivity contribution in [2.75, 3.05) is 12.0 Å². The van der Waals surface area contributed by atoms with Crippen LogP contribution in [0.1, 0.15) is 12.5 Å². The minimum Gasteiger partial charge on any atom is -0.309 e. The van der Waals surface area contributed by atoms with Gasteiger partial charge in [0.25, 0.3) is 5.69 Å². The Morgan fingerprint density at radius 3 is 2.82 bits per heavy atom. The molecular formula is C11H15BrN2O2S. The van der Waals surface area contributed by atoms with Crippen LogP contribution in [0.2, 0.25) is 0 Å². The Balaban J connectivity index is 2.63. The molecule has 0 spiro atoms. The van der Waals surface area contributed by atoms with Gasteiger partial charge < -0.3 is 5.32 Å². The summed E-state index contributed by atoms with van der Waals surface area (Å²) in [6.07, 6.45) is 2.07. The zero-order valence-electron chi connectivity index (χ0n) is 9.77. The first-order chi connectivity index (χ1) is 8.04. The maximum absolute atomic E-state index is 10.6. The first-order valence-corrected chi connectivity index (χ1v) is 7.38. The van der Waals surface area contributed by atoms with Crippen molar-refractivity contribution in [1.82, 2.24) is 5.32 Å². The summed E-state index contributed by atoms with van der Waals surface area (Å²) in [6, 6.07) is 5.27. The molecule has 1 atom stereocenters. The van der Waals surface area contributed by atoms with E-state index in [2.05, 4.69) is 34.4 Å². The van der Waals surface area contributed by atoms with E-state index in [4.69, 9.17) is 0 Å². The number of thioether (sulfide) groups is 1. The highest BCUT2D eigenvalue weighted by atomic mass is 79.9. The molecule has 0 bridgehead atoms. The van der Waals surface area contributed by atoms with Crippen molar-refractivity contribution in [1.29, 1.82) is 0 Å². The number of nitro benzene ring substituents is 1. The lowest BCUT2D eigenvalue weighted by atomic mass is 10.2. The van der Waals surface area contributed by atoms with E-state index >= 15 is 0 Å². The summed E-state index contributed by atoms with van der Waals surface area (Å²) >= 11 is 5.15. The van der Waals surface area contributed by atoms with Gasteiger partial charge in [-0.1, -0.05) is 15.9 Å². The summed E-state index contributed by atoms with van der Waals surface area (Å²) in [4.78, 5) is 10.2. The number of nitro groups is 1. The van der Waals surface area contributed by atoms with Gasteiger partial charge >= 0.3 is 0 Å². The van der Waals surface area contributed by atoms with Crippen LogP contribution in [0.4, 0.5) is 5.69 Å². The van der Waals surface area contributed by atoms with Gasteiger partial charge in [0, 0.05) is 34.9 Å². The zero-order chi connectivity index (χ0) is 12.8. The predicted molar refractivity (Wildman–Crippen MR) is 75.5 cm³/mol. The number of benzene rings is 1. The lowest BCUT2D eigenvalue weighted by Crippen LogP contribution is -2.27. The molecule has 94 valence electrons. The van der Waals surface area contributed by atoms with Crippen LogP contribution in [0.5, 0.6) is 0 Å². The van der Waals surface area contributed by atoms with E-state index in [1.807, 2.05) is 0 Å². The molecule has 0 aliphatic heterocycles. The average molecular weight is 319 g/mol. The average Bonchev–Trinajstić information content (AvgIpc) is 2.27. The van der Waals surface area contributed by atoms with Gasteiger partial charge in [-0.15, -0.1) is 0 Å². The van der Waals surface area contributed by atoms with Crippen LogP contribution in [0.25, 0.3) is 0 Å². The van der Waals surface area contributed by atoms with Crippen LogP contribution in [0.3, 0.4) is 0 Å². The normalized spacial score (nSPS) is 12.4. The highest BCUT2D eigenvalue weighted by Gasteiger charge is 2.09. The van der Waals surface area contributed by atoms with Crippen molar-refractivity contribution < 1.29 is 4.92 Å². The number of non-ortho nitro benzene ring substituents is 1. The summed E-state index contributed by atoms with van der Waals surface area (Å²) in [7, 11) is 0. The van der Waals surface area contributed by atoms with E-state index in [9.17, 15) is 10.1 Å². The van der Waals surface area contributed by atoms with Gasteiger partial charge in [-0.05, 0) is 24.8 Å². The molecule has 0 aliphatic rings. The highest BCUT2D eigenvalue weighted by molar-refractivity contribution is 9.10. The largest absolute Gasteiger partial charge is 0.309 e. The van der Waals surface area contributed by atoms with Crippen molar-refractivity contribution in [2.45, 2.75) is 19.5 Å². The second-order valence-corrected chi connectivity index (χ2v) is 5.54. The topological polar surface area (TPSA) is 55.2 Å². The molecule has 17 heavy (non-hydrogen) atoms. The lowest BCUT2D eigenvalue weighted by molar-refractivity contribution is -0.384. The van der Waals surface area contributed by atoms with E-state index in [0.29, 0.717) is 12.6 Å². The fraction of sp³-hybridized carbons (Fsp3) is 0.455. The molecule has 0 aromatic heterocycles. The Bertz CT molecular complexity index is 401. The molecular weight excluding hydrogens is 304 g/mol. The molecule has 1 N–H and O–H groups in total. The second-order valence-electron chi connectivity index (χ2n) is 3.77. The van der Waals surface area contributed by atoms with Crippen molar-refractivity contribution in [3.8, 4) is 0 Å². The van der Waals surface area contributed by atoms with Crippen LogP contribution >= 0.6 is 27.7 Å². The van der Waals surface area contributed by atoms with Gasteiger partial charge in [0.15, 0.2) is 0 Å². The third-order valence-electron chi connectivity index (χ3n) is 2.31. The minimum absolute atomic E-state index is 0.109. The molecule has 0 saturated heterocycles. The van der Waals surface area contributed by atoms with Crippen LogP contribution in [0, 0.1) is 10.1 Å². The molecule has 0 saturated carbocycles. The molecule has 1 unspecified atom stereocenters. The molecule has 6 heteroatoms. The number of halogens is 1. The van der Waals surface area contributed by atoms with Crippen molar-refractivity contribution in [3.05, 3.63) is 38.3 Å². The summed E-state index contributed by atoms with van der Waals surface area (Å²) in [6.45, 7) is 2.83. The molecule has 0 radical (unpaired) electrons. The number of hydrogen-bond donors (Lipinski definition) is 1. The van der Waals surface area contributed by atoms with E-state index in [1.54, 1.807) is 17.8 Å². The molecule has 1 aromatic carbocycles. The lowest BCUT2D eigenvalue weighted by Gasteiger charge is -2.13. The van der Waals surface area contributed by atoms with Crippen molar-refractivity contribution in [3.63, 3.8) is 0 Å². The van der Waals surface area contributed by atoms with Gasteiger partial charge in [0.05, 0.1) is 4.92 Å². The summed E-state index contributed by atoms with van der Waals surface area (Å²) < 4.78 is 0.774. The third kappa shape index (κ3) is 4.65. The fourth-order valence-electron chi connectivity index (χ4n) is 1.39. The molecule has 1 rings (SSSR count). The van der Waals surface area contributed by atoms with Gasteiger partial charge in [-0.3, -0.25) is 10.1 Å². The maximum atomic E-state index is 10.6. The summed E-state index contributed by atoms with van der Waals surface area (Å²) in [5.41, 5.74) is 1.14. The molecule has 0 fully saturated rings. The molecule has 0 heterocycles. The summed E-state index contributed by atoms with van der Waals surface area (Å²) in [5, 5.41) is 14.0. The SMILES string of the molecule is CSCC(C)NCc1ccc([N+](=O)[O-])cc1Br. The standard InChI is InChI=1S/C11H15BrN2O2S/c1-8(7-17-2)13-6-9-3-4-10(14(15)16)5-11(9)12/h3-5,8,13H,6-7H2,1-2H3. The maximum Gasteiger partial charge on any atom is 0.270 e. The predicted octanol–water partition coefficient (Wildman–Crippen LogP) is 3.20. The van der Waals surface area contributed by atoms with E-state index in [-0.39, 0.29) is 5.69 Å². The molecule has 0 aliphatic carbocycles. The van der Waals surface area contributed by atoms with Gasteiger partial charge in [-0.2, -0.15) is 11.8 Å². The Morgan fingerprint density at radius 2 is 2.29 bits per heavy atom. The number of hydrogen-bond acceptors (Lipinski definition) is 4. The van der Waals surface area contributed by atoms with Gasteiger partial charge in [0.2, 0.25) is 0 Å². The zero-order valence-corrected chi connectivity index (χ0v) is 12.2. The third-order valence-corrected chi connectivity index (χ3v) is 3.88. The molecule has 4 nitrogen and oxygen atoms in total. The number of nitrogens with zero attached hydrogens (tertiary/aromatic N) is 1. The Labute approximate surface area is 113 Å². The second kappa shape index (κ2) is 6.98. The first-order valence-electron chi connectivity index (χ1n) is 5.19. The summed E-state index contributed by atoms with van der Waals surface area (Å²) in [5.74, 6) is 1.05. The van der Waals surface area contributed by atoms with Crippen LogP contribution in [0.15, 0.2) is 22.7 Å². The van der Waals surface area contributed by atoms with Crippen LogP contribution < -0.4 is 5.32 Å². The fourth-order valence-corrected chi connectivity index (χ4v) is 2.51. The monoisotopic (exact) mass is 318 g/mol. The van der Waals surface area contributed by atoms with E-state index in [0.717, 1.165) is 15.8 Å². The van der Waals surface area contributed by atoms with Gasteiger partial charge in [0.1, 0.15) is 0 Å². The van der Waals surface area contributed by atoms with Gasteiger partial charge in [-0.25, -0.2) is 0 Å². The minimum atomic E-state index is -0.391. The van der Waals surface area contributed by atoms with Crippen molar-refractivity contribution >= 4 is 33.4 Å².